The third-order valence-corrected chi connectivity index (χ3v) is 4.19. The third-order valence-electron chi connectivity index (χ3n) is 4.19. The Morgan fingerprint density at radius 2 is 1.72 bits per heavy atom. The maximum Gasteiger partial charge on any atom is 0.224 e. The first-order valence-corrected chi connectivity index (χ1v) is 8.96. The van der Waals surface area contributed by atoms with Crippen molar-refractivity contribution in [1.82, 2.24) is 0 Å². The van der Waals surface area contributed by atoms with Crippen LogP contribution in [-0.2, 0) is 4.79 Å². The second kappa shape index (κ2) is 8.70. The summed E-state index contributed by atoms with van der Waals surface area (Å²) in [5, 5.41) is 2.96. The molecule has 0 heterocycles. The molecule has 3 nitrogen and oxygen atoms in total. The number of nitrogens with one attached hydrogen (secondary N) is 1. The molecule has 0 unspecified atom stereocenters. The molecule has 0 bridgehead atoms. The van der Waals surface area contributed by atoms with Crippen LogP contribution in [0, 0.1) is 20.8 Å². The van der Waals surface area contributed by atoms with Gasteiger partial charge >= 0.3 is 0 Å². The van der Waals surface area contributed by atoms with Crippen LogP contribution >= 0.6 is 0 Å². The molecule has 0 saturated carbocycles. The van der Waals surface area contributed by atoms with Crippen molar-refractivity contribution in [3.63, 3.8) is 0 Å². The summed E-state index contributed by atoms with van der Waals surface area (Å²) < 4.78 is 5.78. The first-order valence-electron chi connectivity index (χ1n) is 8.96. The van der Waals surface area contributed by atoms with Crippen LogP contribution in [-0.4, -0.2) is 12.5 Å². The van der Waals surface area contributed by atoms with Crippen molar-refractivity contribution in [2.45, 2.75) is 53.4 Å². The van der Waals surface area contributed by atoms with Crippen LogP contribution in [0.5, 0.6) is 5.75 Å². The fourth-order valence-corrected chi connectivity index (χ4v) is 3.08. The molecule has 1 N–H and O–H groups in total. The molecule has 1 amide bonds. The molecule has 0 fully saturated rings. The highest BCUT2D eigenvalue weighted by Gasteiger charge is 2.06. The van der Waals surface area contributed by atoms with E-state index in [1.807, 2.05) is 32.0 Å². The van der Waals surface area contributed by atoms with Gasteiger partial charge in [-0.1, -0.05) is 26.0 Å². The molecule has 134 valence electrons. The minimum atomic E-state index is 0.0277. The maximum atomic E-state index is 12.1. The van der Waals surface area contributed by atoms with Crippen molar-refractivity contribution >= 4 is 11.6 Å². The van der Waals surface area contributed by atoms with Gasteiger partial charge in [0, 0.05) is 12.1 Å². The molecule has 0 atom stereocenters. The zero-order chi connectivity index (χ0) is 18.4. The first kappa shape index (κ1) is 19.0. The number of carbonyl (C=O) groups excluding carboxylic acids is 1. The standard InChI is InChI=1S/C22H29NO2/c1-15(2)21-9-8-20(14-18(21)5)25-10-6-7-22(24)23-19-12-16(3)11-17(4)13-19/h8-9,11-15H,6-7,10H2,1-5H3,(H,23,24). The Labute approximate surface area is 151 Å². The van der Waals surface area contributed by atoms with Gasteiger partial charge in [0.25, 0.3) is 0 Å². The number of carbonyl (C=O) groups is 1. The number of amides is 1. The Balaban J connectivity index is 1.77. The third kappa shape index (κ3) is 5.93. The Bertz CT molecular complexity index is 715. The molecule has 0 aliphatic rings. The van der Waals surface area contributed by atoms with Crippen LogP contribution in [0.3, 0.4) is 0 Å². The second-order valence-corrected chi connectivity index (χ2v) is 7.05. The van der Waals surface area contributed by atoms with Crippen LogP contribution in [0.1, 0.15) is 54.9 Å². The van der Waals surface area contributed by atoms with E-state index in [1.165, 1.54) is 11.1 Å². The number of benzene rings is 2. The second-order valence-electron chi connectivity index (χ2n) is 7.05. The number of hydrogen-bond donors (Lipinski definition) is 1. The lowest BCUT2D eigenvalue weighted by molar-refractivity contribution is -0.116. The molecule has 3 heteroatoms. The summed E-state index contributed by atoms with van der Waals surface area (Å²) in [5.41, 5.74) is 5.77. The van der Waals surface area contributed by atoms with Crippen LogP contribution in [0.15, 0.2) is 36.4 Å². The van der Waals surface area contributed by atoms with Crippen molar-refractivity contribution in [1.29, 1.82) is 0 Å². The zero-order valence-electron chi connectivity index (χ0n) is 16.0. The van der Waals surface area contributed by atoms with Crippen molar-refractivity contribution in [2.75, 3.05) is 11.9 Å². The van der Waals surface area contributed by atoms with Crippen molar-refractivity contribution in [3.05, 3.63) is 58.7 Å². The minimum Gasteiger partial charge on any atom is -0.494 e. The monoisotopic (exact) mass is 339 g/mol. The molecule has 0 radical (unpaired) electrons. The van der Waals surface area contributed by atoms with Crippen molar-refractivity contribution < 1.29 is 9.53 Å². The van der Waals surface area contributed by atoms with E-state index in [0.717, 1.165) is 22.6 Å². The molecule has 2 rings (SSSR count). The van der Waals surface area contributed by atoms with Gasteiger partial charge in [0.1, 0.15) is 5.75 Å². The quantitative estimate of drug-likeness (QED) is 0.673. The van der Waals surface area contributed by atoms with E-state index in [-0.39, 0.29) is 5.91 Å². The predicted octanol–water partition coefficient (Wildman–Crippen LogP) is 5.53. The summed E-state index contributed by atoms with van der Waals surface area (Å²) in [7, 11) is 0. The summed E-state index contributed by atoms with van der Waals surface area (Å²) in [6.07, 6.45) is 1.15. The number of ether oxygens (including phenoxy) is 1. The van der Waals surface area contributed by atoms with Crippen LogP contribution in [0.2, 0.25) is 0 Å². The molecular weight excluding hydrogens is 310 g/mol. The molecule has 0 spiro atoms. The SMILES string of the molecule is Cc1cc(C)cc(NC(=O)CCCOc2ccc(C(C)C)c(C)c2)c1. The molecule has 2 aromatic rings. The van der Waals surface area contributed by atoms with Gasteiger partial charge in [-0.2, -0.15) is 0 Å². The average molecular weight is 339 g/mol. The predicted molar refractivity (Wildman–Crippen MR) is 105 cm³/mol. The van der Waals surface area contributed by atoms with Gasteiger partial charge in [0.05, 0.1) is 6.61 Å². The van der Waals surface area contributed by atoms with E-state index in [9.17, 15) is 4.79 Å². The summed E-state index contributed by atoms with van der Waals surface area (Å²) in [4.78, 5) is 12.1. The van der Waals surface area contributed by atoms with E-state index < -0.39 is 0 Å². The highest BCUT2D eigenvalue weighted by molar-refractivity contribution is 5.90. The van der Waals surface area contributed by atoms with Gasteiger partial charge in [0.15, 0.2) is 0 Å². The van der Waals surface area contributed by atoms with Crippen molar-refractivity contribution in [3.8, 4) is 5.75 Å². The Morgan fingerprint density at radius 3 is 2.32 bits per heavy atom. The highest BCUT2D eigenvalue weighted by atomic mass is 16.5. The summed E-state index contributed by atoms with van der Waals surface area (Å²) in [6, 6.07) is 12.3. The van der Waals surface area contributed by atoms with Crippen molar-refractivity contribution in [2.24, 2.45) is 0 Å². The van der Waals surface area contributed by atoms with Crippen LogP contribution < -0.4 is 10.1 Å². The average Bonchev–Trinajstić information content (AvgIpc) is 2.50. The van der Waals surface area contributed by atoms with E-state index in [2.05, 4.69) is 44.3 Å². The van der Waals surface area contributed by atoms with Gasteiger partial charge in [-0.3, -0.25) is 4.79 Å². The van der Waals surface area contributed by atoms with Crippen LogP contribution in [0.25, 0.3) is 0 Å². The van der Waals surface area contributed by atoms with E-state index in [4.69, 9.17) is 4.74 Å². The largest absolute Gasteiger partial charge is 0.494 e. The van der Waals surface area contributed by atoms with Crippen LogP contribution in [0.4, 0.5) is 5.69 Å². The smallest absolute Gasteiger partial charge is 0.224 e. The van der Waals surface area contributed by atoms with Gasteiger partial charge in [-0.25, -0.2) is 0 Å². The molecular formula is C22H29NO2. The van der Waals surface area contributed by atoms with Gasteiger partial charge in [-0.15, -0.1) is 0 Å². The summed E-state index contributed by atoms with van der Waals surface area (Å²) in [5.74, 6) is 1.42. The molecule has 0 aliphatic carbocycles. The molecule has 0 aromatic heterocycles. The summed E-state index contributed by atoms with van der Waals surface area (Å²) >= 11 is 0. The Kier molecular flexibility index (Phi) is 6.63. The number of aryl methyl sites for hydroxylation is 3. The summed E-state index contributed by atoms with van der Waals surface area (Å²) in [6.45, 7) is 11.1. The number of rotatable bonds is 7. The maximum absolute atomic E-state index is 12.1. The van der Waals surface area contributed by atoms with E-state index in [0.29, 0.717) is 25.4 Å². The lowest BCUT2D eigenvalue weighted by Gasteiger charge is -2.12. The van der Waals surface area contributed by atoms with E-state index >= 15 is 0 Å². The molecule has 0 saturated heterocycles. The Morgan fingerprint density at radius 1 is 1.04 bits per heavy atom. The fraction of sp³-hybridized carbons (Fsp3) is 0.409. The fourth-order valence-electron chi connectivity index (χ4n) is 3.08. The normalized spacial score (nSPS) is 10.8. The van der Waals surface area contributed by atoms with E-state index in [1.54, 1.807) is 0 Å². The lowest BCUT2D eigenvalue weighted by Crippen LogP contribution is -2.13. The topological polar surface area (TPSA) is 38.3 Å². The zero-order valence-corrected chi connectivity index (χ0v) is 16.0. The highest BCUT2D eigenvalue weighted by Crippen LogP contribution is 2.23. The molecule has 0 aliphatic heterocycles. The van der Waals surface area contributed by atoms with Gasteiger partial charge in [0.2, 0.25) is 5.91 Å². The first-order chi connectivity index (χ1) is 11.8. The Hall–Kier alpha value is -2.29. The minimum absolute atomic E-state index is 0.0277. The molecule has 25 heavy (non-hydrogen) atoms. The lowest BCUT2D eigenvalue weighted by atomic mass is 9.98. The number of hydrogen-bond acceptors (Lipinski definition) is 2. The van der Waals surface area contributed by atoms with Gasteiger partial charge in [-0.05, 0) is 79.6 Å². The van der Waals surface area contributed by atoms with Gasteiger partial charge < -0.3 is 10.1 Å². The number of anilines is 1. The molecule has 2 aromatic carbocycles.